The lowest BCUT2D eigenvalue weighted by Crippen LogP contribution is -2.54. The van der Waals surface area contributed by atoms with Crippen molar-refractivity contribution in [2.45, 2.75) is 86.9 Å². The average molecular weight is 643 g/mol. The van der Waals surface area contributed by atoms with Gasteiger partial charge in [-0.25, -0.2) is 0 Å². The van der Waals surface area contributed by atoms with Crippen LogP contribution >= 0.6 is 0 Å². The summed E-state index contributed by atoms with van der Waals surface area (Å²) in [5, 5.41) is 18.4. The Morgan fingerprint density at radius 3 is 1.12 bits per heavy atom. The fourth-order valence-electron chi connectivity index (χ4n) is 17.0. The summed E-state index contributed by atoms with van der Waals surface area (Å²) in [7, 11) is 0. The third-order valence-electron chi connectivity index (χ3n) is 17.5. The normalized spacial score (nSPS) is 37.8. The molecule has 0 N–H and O–H groups in total. The molecule has 0 nitrogen and oxygen atoms in total. The number of benzene rings is 7. The topological polar surface area (TPSA) is 0 Å². The highest BCUT2D eigenvalue weighted by molar-refractivity contribution is 6.34. The van der Waals surface area contributed by atoms with E-state index in [1.165, 1.54) is 107 Å². The molecule has 4 unspecified atom stereocenters. The highest BCUT2D eigenvalue weighted by Gasteiger charge is 2.61. The van der Waals surface area contributed by atoms with E-state index in [-0.39, 0.29) is 0 Å². The van der Waals surface area contributed by atoms with Crippen LogP contribution < -0.4 is 0 Å². The molecule has 8 saturated carbocycles. The summed E-state index contributed by atoms with van der Waals surface area (Å²) in [5.74, 6) is 6.89. The van der Waals surface area contributed by atoms with Gasteiger partial charge in [0.05, 0.1) is 0 Å². The molecule has 10 aliphatic carbocycles. The molecule has 7 aromatic carbocycles. The molecule has 17 rings (SSSR count). The van der Waals surface area contributed by atoms with Gasteiger partial charge in [0.15, 0.2) is 0 Å². The monoisotopic (exact) mass is 642 g/mol. The molecular weight excluding hydrogens is 601 g/mol. The molecule has 242 valence electrons. The highest BCUT2D eigenvalue weighted by Crippen LogP contribution is 2.72. The van der Waals surface area contributed by atoms with Gasteiger partial charge in [0.25, 0.3) is 0 Å². The van der Waals surface area contributed by atoms with Crippen LogP contribution in [0.1, 0.15) is 98.3 Å². The second kappa shape index (κ2) is 8.09. The van der Waals surface area contributed by atoms with Gasteiger partial charge in [-0.2, -0.15) is 0 Å². The first-order valence-electron chi connectivity index (χ1n) is 20.4. The van der Waals surface area contributed by atoms with E-state index in [9.17, 15) is 0 Å². The number of fused-ring (bicyclic) bond motifs is 6. The van der Waals surface area contributed by atoms with Crippen molar-refractivity contribution in [2.75, 3.05) is 0 Å². The third-order valence-corrected chi connectivity index (χ3v) is 17.5. The maximum Gasteiger partial charge on any atom is 0.00361 e. The molecule has 8 bridgehead atoms. The molecule has 10 aliphatic rings. The van der Waals surface area contributed by atoms with Gasteiger partial charge in [-0.15, -0.1) is 0 Å². The smallest absolute Gasteiger partial charge is 0.00361 e. The Morgan fingerprint density at radius 1 is 0.360 bits per heavy atom. The Balaban J connectivity index is 1.12. The van der Waals surface area contributed by atoms with Crippen molar-refractivity contribution in [1.29, 1.82) is 0 Å². The largest absolute Gasteiger partial charge is 0.0613 e. The molecular formula is C50H42. The van der Waals surface area contributed by atoms with E-state index in [2.05, 4.69) is 84.9 Å². The van der Waals surface area contributed by atoms with Crippen LogP contribution in [-0.4, -0.2) is 0 Å². The van der Waals surface area contributed by atoms with E-state index >= 15 is 0 Å². The first-order valence-corrected chi connectivity index (χ1v) is 20.4. The first-order chi connectivity index (χ1) is 24.7. The van der Waals surface area contributed by atoms with Crippen molar-refractivity contribution >= 4 is 64.6 Å². The molecule has 50 heavy (non-hydrogen) atoms. The standard InChI is InChI=1S/C50H42/c1-5-31-37-19-40-34-8-4-12-42-46(34)44-32(6-2-10-36(44)48-30-17-27-14-28(18-30)24-50(42,48)23-27)38(40)20-39(37)33-7-3-11-41-45(33)43(31)35(9-1)47-29-15-25-13-26(16-29)22-49(41,47)21-25/h1-12,19-20,25-30,47-48H,13-18,21-24H2/t25?,26?,27?,28?,29?,30?,47-,48+,49?,50?. The van der Waals surface area contributed by atoms with E-state index in [0.29, 0.717) is 22.7 Å². The van der Waals surface area contributed by atoms with Crippen LogP contribution in [0, 0.1) is 35.5 Å². The van der Waals surface area contributed by atoms with Gasteiger partial charge in [-0.1, -0.05) is 72.8 Å². The minimum atomic E-state index is 0.347. The van der Waals surface area contributed by atoms with Crippen molar-refractivity contribution in [3.8, 4) is 0 Å². The van der Waals surface area contributed by atoms with Crippen molar-refractivity contribution in [2.24, 2.45) is 35.5 Å². The van der Waals surface area contributed by atoms with E-state index in [0.717, 1.165) is 35.5 Å². The predicted octanol–water partition coefficient (Wildman–Crippen LogP) is 13.0. The zero-order valence-electron chi connectivity index (χ0n) is 28.8. The summed E-state index contributed by atoms with van der Waals surface area (Å²) in [6, 6.07) is 35.4. The van der Waals surface area contributed by atoms with Gasteiger partial charge >= 0.3 is 0 Å². The number of rotatable bonds is 0. The van der Waals surface area contributed by atoms with Gasteiger partial charge in [0.1, 0.15) is 0 Å². The van der Waals surface area contributed by atoms with Gasteiger partial charge in [0, 0.05) is 10.8 Å². The van der Waals surface area contributed by atoms with Crippen LogP contribution in [0.15, 0.2) is 84.9 Å². The van der Waals surface area contributed by atoms with Crippen LogP contribution in [0.5, 0.6) is 0 Å². The quantitative estimate of drug-likeness (QED) is 0.114. The minimum absolute atomic E-state index is 0.347. The van der Waals surface area contributed by atoms with Crippen LogP contribution in [0.25, 0.3) is 64.6 Å². The first kappa shape index (κ1) is 26.0. The Morgan fingerprint density at radius 2 is 0.720 bits per heavy atom. The predicted molar refractivity (Wildman–Crippen MR) is 207 cm³/mol. The highest BCUT2D eigenvalue weighted by atomic mass is 14.6. The van der Waals surface area contributed by atoms with Crippen LogP contribution in [0.4, 0.5) is 0 Å². The van der Waals surface area contributed by atoms with Gasteiger partial charge in [-0.05, 0) is 211 Å². The molecule has 8 fully saturated rings. The summed E-state index contributed by atoms with van der Waals surface area (Å²) in [6.45, 7) is 0. The SMILES string of the molecule is c1cc2c3c(c1)c1cc4c(cc1c1cccc(c13)C13CC5CC(CC(C5)[C@@H]21)C3)c1cccc2c1c1c(cccc41)C13CC4CC(CC(C4)[C@H]21)C3. The van der Waals surface area contributed by atoms with Crippen molar-refractivity contribution in [3.05, 3.63) is 107 Å². The van der Waals surface area contributed by atoms with Gasteiger partial charge in [-0.3, -0.25) is 0 Å². The summed E-state index contributed by atoms with van der Waals surface area (Å²) in [4.78, 5) is 0. The van der Waals surface area contributed by atoms with Crippen LogP contribution in [-0.2, 0) is 10.8 Å². The van der Waals surface area contributed by atoms with Crippen LogP contribution in [0.2, 0.25) is 0 Å². The van der Waals surface area contributed by atoms with E-state index in [1.54, 1.807) is 43.8 Å². The lowest BCUT2D eigenvalue weighted by atomic mass is 9.41. The Bertz CT molecular complexity index is 2580. The van der Waals surface area contributed by atoms with Gasteiger partial charge < -0.3 is 0 Å². The van der Waals surface area contributed by atoms with Crippen LogP contribution in [0.3, 0.4) is 0 Å². The Kier molecular flexibility index (Phi) is 4.20. The van der Waals surface area contributed by atoms with Crippen molar-refractivity contribution in [3.63, 3.8) is 0 Å². The Hall–Kier alpha value is -3.90. The van der Waals surface area contributed by atoms with Crippen molar-refractivity contribution in [1.82, 2.24) is 0 Å². The molecule has 0 saturated heterocycles. The molecule has 0 aliphatic heterocycles. The van der Waals surface area contributed by atoms with E-state index < -0.39 is 0 Å². The fourth-order valence-corrected chi connectivity index (χ4v) is 17.0. The summed E-state index contributed by atoms with van der Waals surface area (Å²) >= 11 is 0. The third kappa shape index (κ3) is 2.64. The Labute approximate surface area is 293 Å². The van der Waals surface area contributed by atoms with E-state index in [1.807, 2.05) is 0 Å². The molecule has 6 atom stereocenters. The summed E-state index contributed by atoms with van der Waals surface area (Å²) in [5.41, 5.74) is 7.55. The average Bonchev–Trinajstić information content (AvgIpc) is 3.12. The zero-order valence-corrected chi connectivity index (χ0v) is 28.8. The molecule has 2 spiro atoms. The van der Waals surface area contributed by atoms with Gasteiger partial charge in [0.2, 0.25) is 0 Å². The lowest BCUT2D eigenvalue weighted by Gasteiger charge is -2.63. The van der Waals surface area contributed by atoms with E-state index in [4.69, 9.17) is 0 Å². The maximum absolute atomic E-state index is 2.67. The molecule has 0 amide bonds. The molecule has 0 heterocycles. The molecule has 7 aromatic rings. The minimum Gasteiger partial charge on any atom is -0.0613 e. The fraction of sp³-hybridized carbons (Fsp3) is 0.400. The zero-order chi connectivity index (χ0) is 31.8. The molecule has 0 radical (unpaired) electrons. The van der Waals surface area contributed by atoms with Crippen molar-refractivity contribution < 1.29 is 0 Å². The molecule has 0 aromatic heterocycles. The second-order valence-corrected chi connectivity index (χ2v) is 19.4. The lowest BCUT2D eigenvalue weighted by molar-refractivity contribution is -0.0277. The maximum atomic E-state index is 2.67. The summed E-state index contributed by atoms with van der Waals surface area (Å²) in [6.07, 6.45) is 14.5. The molecule has 0 heteroatoms. The number of hydrogen-bond acceptors (Lipinski definition) is 0. The second-order valence-electron chi connectivity index (χ2n) is 19.4. The number of hydrogen-bond donors (Lipinski definition) is 0. The summed E-state index contributed by atoms with van der Waals surface area (Å²) < 4.78 is 0.